The van der Waals surface area contributed by atoms with E-state index in [1.165, 1.54) is 12.0 Å². The van der Waals surface area contributed by atoms with Crippen LogP contribution in [-0.4, -0.2) is 23.0 Å². The highest BCUT2D eigenvalue weighted by molar-refractivity contribution is 6.27. The van der Waals surface area contributed by atoms with Gasteiger partial charge in [0.2, 0.25) is 9.76 Å². The first kappa shape index (κ1) is 13.3. The van der Waals surface area contributed by atoms with E-state index in [2.05, 4.69) is 26.0 Å². The van der Waals surface area contributed by atoms with E-state index in [9.17, 15) is 0 Å². The SMILES string of the molecule is COc1cccc(CCC[Si]OC(C)C)c1. The molecule has 1 rings (SSSR count). The van der Waals surface area contributed by atoms with Gasteiger partial charge < -0.3 is 9.16 Å². The molecule has 1 aromatic carbocycles. The second-order valence-corrected chi connectivity index (χ2v) is 5.04. The maximum absolute atomic E-state index is 5.53. The standard InChI is InChI=1S/C13H20O2Si/c1-11(2)15-16-9-5-7-12-6-4-8-13(10-12)14-3/h4,6,8,10-11H,5,7,9H2,1-3H3. The first-order chi connectivity index (χ1) is 7.72. The van der Waals surface area contributed by atoms with E-state index in [0.29, 0.717) is 15.9 Å². The first-order valence-electron chi connectivity index (χ1n) is 5.74. The molecule has 0 bridgehead atoms. The molecule has 0 atom stereocenters. The Bertz CT molecular complexity index is 300. The van der Waals surface area contributed by atoms with Gasteiger partial charge in [0.1, 0.15) is 5.75 Å². The Morgan fingerprint density at radius 1 is 1.31 bits per heavy atom. The Labute approximate surface area is 101 Å². The van der Waals surface area contributed by atoms with Crippen molar-refractivity contribution in [3.05, 3.63) is 29.8 Å². The number of aryl methyl sites for hydroxylation is 1. The molecular formula is C13H20O2Si. The molecule has 0 aliphatic heterocycles. The minimum atomic E-state index is 0.357. The van der Waals surface area contributed by atoms with Gasteiger partial charge in [0.25, 0.3) is 0 Å². The molecule has 0 saturated carbocycles. The molecule has 0 saturated heterocycles. The van der Waals surface area contributed by atoms with Crippen LogP contribution in [-0.2, 0) is 10.8 Å². The first-order valence-corrected chi connectivity index (χ1v) is 6.85. The van der Waals surface area contributed by atoms with Crippen LogP contribution >= 0.6 is 0 Å². The van der Waals surface area contributed by atoms with E-state index in [4.69, 9.17) is 9.16 Å². The number of methoxy groups -OCH3 is 1. The van der Waals surface area contributed by atoms with Crippen molar-refractivity contribution in [2.45, 2.75) is 38.8 Å². The third kappa shape index (κ3) is 5.33. The molecule has 0 amide bonds. The Morgan fingerprint density at radius 3 is 2.81 bits per heavy atom. The van der Waals surface area contributed by atoms with Crippen molar-refractivity contribution < 1.29 is 9.16 Å². The summed E-state index contributed by atoms with van der Waals surface area (Å²) < 4.78 is 10.7. The van der Waals surface area contributed by atoms with Gasteiger partial charge in [-0.25, -0.2) is 0 Å². The highest BCUT2D eigenvalue weighted by atomic mass is 28.2. The number of ether oxygens (including phenoxy) is 1. The number of benzene rings is 1. The summed E-state index contributed by atoms with van der Waals surface area (Å²) >= 11 is 0. The summed E-state index contributed by atoms with van der Waals surface area (Å²) in [6, 6.07) is 9.42. The van der Waals surface area contributed by atoms with Gasteiger partial charge in [0.05, 0.1) is 7.11 Å². The van der Waals surface area contributed by atoms with Gasteiger partial charge in [-0.15, -0.1) is 0 Å². The molecule has 3 heteroatoms. The molecule has 2 nitrogen and oxygen atoms in total. The highest BCUT2D eigenvalue weighted by Gasteiger charge is 1.98. The normalized spacial score (nSPS) is 10.8. The van der Waals surface area contributed by atoms with Crippen molar-refractivity contribution in [3.8, 4) is 5.75 Å². The third-order valence-corrected chi connectivity index (χ3v) is 3.39. The lowest BCUT2D eigenvalue weighted by molar-refractivity contribution is 0.255. The summed E-state index contributed by atoms with van der Waals surface area (Å²) in [6.07, 6.45) is 2.64. The smallest absolute Gasteiger partial charge is 0.230 e. The summed E-state index contributed by atoms with van der Waals surface area (Å²) in [5.41, 5.74) is 1.34. The van der Waals surface area contributed by atoms with Gasteiger partial charge in [-0.05, 0) is 50.4 Å². The predicted molar refractivity (Wildman–Crippen MR) is 68.1 cm³/mol. The number of hydrogen-bond acceptors (Lipinski definition) is 2. The fourth-order valence-electron chi connectivity index (χ4n) is 1.42. The van der Waals surface area contributed by atoms with Gasteiger partial charge in [0, 0.05) is 6.10 Å². The lowest BCUT2D eigenvalue weighted by atomic mass is 10.1. The Morgan fingerprint density at radius 2 is 2.12 bits per heavy atom. The van der Waals surface area contributed by atoms with Crippen LogP contribution in [0.1, 0.15) is 25.8 Å². The van der Waals surface area contributed by atoms with E-state index >= 15 is 0 Å². The Hall–Kier alpha value is -0.803. The quantitative estimate of drug-likeness (QED) is 0.535. The van der Waals surface area contributed by atoms with Crippen molar-refractivity contribution in [2.24, 2.45) is 0 Å². The van der Waals surface area contributed by atoms with Gasteiger partial charge in [0.15, 0.2) is 0 Å². The molecule has 0 spiro atoms. The third-order valence-electron chi connectivity index (χ3n) is 2.20. The molecule has 0 fully saturated rings. The number of hydrogen-bond donors (Lipinski definition) is 0. The van der Waals surface area contributed by atoms with E-state index in [1.54, 1.807) is 7.11 Å². The van der Waals surface area contributed by atoms with Crippen molar-refractivity contribution in [3.63, 3.8) is 0 Å². The molecular weight excluding hydrogens is 216 g/mol. The van der Waals surface area contributed by atoms with Gasteiger partial charge >= 0.3 is 0 Å². The van der Waals surface area contributed by atoms with Crippen molar-refractivity contribution in [1.82, 2.24) is 0 Å². The van der Waals surface area contributed by atoms with Crippen LogP contribution in [0.2, 0.25) is 6.04 Å². The van der Waals surface area contributed by atoms with Crippen molar-refractivity contribution in [2.75, 3.05) is 7.11 Å². The fraction of sp³-hybridized carbons (Fsp3) is 0.538. The lowest BCUT2D eigenvalue weighted by Gasteiger charge is -2.06. The largest absolute Gasteiger partial charge is 0.497 e. The summed E-state index contributed by atoms with van der Waals surface area (Å²) in [6.45, 7) is 4.16. The van der Waals surface area contributed by atoms with E-state index < -0.39 is 0 Å². The fourth-order valence-corrected chi connectivity index (χ4v) is 2.19. The maximum Gasteiger partial charge on any atom is 0.230 e. The van der Waals surface area contributed by atoms with Gasteiger partial charge in [-0.3, -0.25) is 0 Å². The molecule has 1 aromatic rings. The summed E-state index contributed by atoms with van der Waals surface area (Å²) in [5.74, 6) is 0.943. The Kier molecular flexibility index (Phi) is 6.19. The summed E-state index contributed by atoms with van der Waals surface area (Å²) in [4.78, 5) is 0. The highest BCUT2D eigenvalue weighted by Crippen LogP contribution is 2.14. The second-order valence-electron chi connectivity index (χ2n) is 4.02. The topological polar surface area (TPSA) is 18.5 Å². The summed E-state index contributed by atoms with van der Waals surface area (Å²) in [5, 5.41) is 0. The van der Waals surface area contributed by atoms with E-state index in [-0.39, 0.29) is 0 Å². The van der Waals surface area contributed by atoms with Crippen LogP contribution in [0.15, 0.2) is 24.3 Å². The molecule has 88 valence electrons. The Balaban J connectivity index is 2.21. The summed E-state index contributed by atoms with van der Waals surface area (Å²) in [7, 11) is 2.34. The molecule has 16 heavy (non-hydrogen) atoms. The molecule has 0 heterocycles. The maximum atomic E-state index is 5.53. The van der Waals surface area contributed by atoms with Crippen molar-refractivity contribution >= 4 is 9.76 Å². The minimum absolute atomic E-state index is 0.357. The van der Waals surface area contributed by atoms with Crippen LogP contribution < -0.4 is 4.74 Å². The lowest BCUT2D eigenvalue weighted by Crippen LogP contribution is -2.06. The molecule has 2 radical (unpaired) electrons. The number of rotatable bonds is 7. The second kappa shape index (κ2) is 7.47. The van der Waals surface area contributed by atoms with Crippen molar-refractivity contribution in [1.29, 1.82) is 0 Å². The van der Waals surface area contributed by atoms with Crippen LogP contribution in [0.25, 0.3) is 0 Å². The van der Waals surface area contributed by atoms with E-state index in [0.717, 1.165) is 18.2 Å². The minimum Gasteiger partial charge on any atom is -0.497 e. The zero-order valence-electron chi connectivity index (χ0n) is 10.3. The molecule has 0 N–H and O–H groups in total. The zero-order chi connectivity index (χ0) is 11.8. The molecule has 0 aliphatic rings. The predicted octanol–water partition coefficient (Wildman–Crippen LogP) is 3.09. The molecule has 0 aromatic heterocycles. The van der Waals surface area contributed by atoms with Crippen LogP contribution in [0.5, 0.6) is 5.75 Å². The monoisotopic (exact) mass is 236 g/mol. The average molecular weight is 236 g/mol. The van der Waals surface area contributed by atoms with Crippen LogP contribution in [0, 0.1) is 0 Å². The van der Waals surface area contributed by atoms with Gasteiger partial charge in [-0.1, -0.05) is 12.1 Å². The van der Waals surface area contributed by atoms with Crippen LogP contribution in [0.4, 0.5) is 0 Å². The van der Waals surface area contributed by atoms with Gasteiger partial charge in [-0.2, -0.15) is 0 Å². The van der Waals surface area contributed by atoms with E-state index in [1.807, 2.05) is 12.1 Å². The molecule has 0 unspecified atom stereocenters. The zero-order valence-corrected chi connectivity index (χ0v) is 11.3. The van der Waals surface area contributed by atoms with Crippen LogP contribution in [0.3, 0.4) is 0 Å². The average Bonchev–Trinajstić information content (AvgIpc) is 2.28. The molecule has 0 aliphatic carbocycles.